The molecule has 1 saturated carbocycles. The van der Waals surface area contributed by atoms with Crippen LogP contribution in [0.2, 0.25) is 0 Å². The van der Waals surface area contributed by atoms with Gasteiger partial charge >= 0.3 is 11.9 Å². The van der Waals surface area contributed by atoms with Gasteiger partial charge in [-0.15, -0.1) is 0 Å². The number of carbonyl (C=O) groups is 2. The van der Waals surface area contributed by atoms with Crippen molar-refractivity contribution >= 4 is 11.9 Å². The van der Waals surface area contributed by atoms with Gasteiger partial charge in [-0.05, 0) is 25.0 Å². The molecule has 2 rings (SSSR count). The van der Waals surface area contributed by atoms with Gasteiger partial charge in [-0.1, -0.05) is 18.2 Å². The second kappa shape index (κ2) is 4.91. The monoisotopic (exact) mass is 264 g/mol. The van der Waals surface area contributed by atoms with Gasteiger partial charge in [0.15, 0.2) is 5.41 Å². The maximum atomic E-state index is 11.9. The lowest BCUT2D eigenvalue weighted by Gasteiger charge is -2.13. The first-order valence-corrected chi connectivity index (χ1v) is 6.11. The molecule has 2 atom stereocenters. The van der Waals surface area contributed by atoms with Crippen LogP contribution >= 0.6 is 0 Å². The Hall–Kier alpha value is -2.04. The molecule has 1 aliphatic carbocycles. The van der Waals surface area contributed by atoms with E-state index >= 15 is 0 Å². The van der Waals surface area contributed by atoms with E-state index < -0.39 is 17.4 Å². The van der Waals surface area contributed by atoms with Gasteiger partial charge in [-0.3, -0.25) is 9.59 Å². The zero-order chi connectivity index (χ0) is 14.0. The van der Waals surface area contributed by atoms with Crippen molar-refractivity contribution in [1.82, 2.24) is 0 Å². The summed E-state index contributed by atoms with van der Waals surface area (Å²) in [6.45, 7) is 1.83. The lowest BCUT2D eigenvalue weighted by atomic mass is 9.98. The van der Waals surface area contributed by atoms with Crippen LogP contribution in [-0.2, 0) is 14.3 Å². The molecule has 2 unspecified atom stereocenters. The molecule has 0 radical (unpaired) electrons. The molecular formula is C14H16O5. The molecule has 5 nitrogen and oxygen atoms in total. The highest BCUT2D eigenvalue weighted by molar-refractivity contribution is 6.04. The molecule has 1 aromatic carbocycles. The molecule has 19 heavy (non-hydrogen) atoms. The van der Waals surface area contributed by atoms with Crippen molar-refractivity contribution in [3.8, 4) is 5.75 Å². The molecule has 1 aliphatic rings. The van der Waals surface area contributed by atoms with Crippen LogP contribution in [-0.4, -0.2) is 30.8 Å². The van der Waals surface area contributed by atoms with Crippen LogP contribution in [0.1, 0.15) is 24.8 Å². The summed E-state index contributed by atoms with van der Waals surface area (Å²) in [6.07, 6.45) is 0.252. The molecule has 0 aliphatic heterocycles. The molecule has 0 amide bonds. The fourth-order valence-corrected chi connectivity index (χ4v) is 2.40. The first kappa shape index (κ1) is 13.4. The van der Waals surface area contributed by atoms with E-state index in [1.54, 1.807) is 31.2 Å². The molecule has 0 saturated heterocycles. The number of hydrogen-bond donors (Lipinski definition) is 1. The van der Waals surface area contributed by atoms with E-state index in [0.29, 0.717) is 5.75 Å². The quantitative estimate of drug-likeness (QED) is 0.648. The second-order valence-corrected chi connectivity index (χ2v) is 4.50. The van der Waals surface area contributed by atoms with Crippen LogP contribution in [0.25, 0.3) is 0 Å². The molecule has 1 N–H and O–H groups in total. The Morgan fingerprint density at radius 2 is 2.11 bits per heavy atom. The number of para-hydroxylation sites is 1. The molecule has 1 aromatic rings. The van der Waals surface area contributed by atoms with Gasteiger partial charge in [0.2, 0.25) is 0 Å². The summed E-state index contributed by atoms with van der Waals surface area (Å²) < 4.78 is 10.1. The molecule has 5 heteroatoms. The van der Waals surface area contributed by atoms with E-state index in [1.165, 1.54) is 7.11 Å². The molecule has 0 aromatic heterocycles. The number of hydrogen-bond acceptors (Lipinski definition) is 4. The highest BCUT2D eigenvalue weighted by Gasteiger charge is 2.68. The number of ether oxygens (including phenoxy) is 2. The van der Waals surface area contributed by atoms with Gasteiger partial charge in [-0.2, -0.15) is 0 Å². The van der Waals surface area contributed by atoms with Crippen molar-refractivity contribution in [1.29, 1.82) is 0 Å². The van der Waals surface area contributed by atoms with Crippen LogP contribution in [0.15, 0.2) is 24.3 Å². The fourth-order valence-electron chi connectivity index (χ4n) is 2.40. The predicted octanol–water partition coefficient (Wildman–Crippen LogP) is 1.82. The predicted molar refractivity (Wildman–Crippen MR) is 67.1 cm³/mol. The summed E-state index contributed by atoms with van der Waals surface area (Å²) in [5.41, 5.74) is -0.717. The van der Waals surface area contributed by atoms with Crippen LogP contribution in [0.5, 0.6) is 5.75 Å². The lowest BCUT2D eigenvalue weighted by Crippen LogP contribution is -2.29. The van der Waals surface area contributed by atoms with Crippen LogP contribution in [0.4, 0.5) is 0 Å². The first-order chi connectivity index (χ1) is 9.07. The third-order valence-electron chi connectivity index (χ3n) is 3.50. The second-order valence-electron chi connectivity index (χ2n) is 4.50. The lowest BCUT2D eigenvalue weighted by molar-refractivity contribution is -0.161. The van der Waals surface area contributed by atoms with Gasteiger partial charge in [0.25, 0.3) is 0 Å². The summed E-state index contributed by atoms with van der Waals surface area (Å²) in [7, 11) is 1.52. The fraction of sp³-hybridized carbons (Fsp3) is 0.429. The maximum absolute atomic E-state index is 11.9. The average molecular weight is 264 g/mol. The van der Waals surface area contributed by atoms with Crippen molar-refractivity contribution < 1.29 is 24.2 Å². The van der Waals surface area contributed by atoms with Gasteiger partial charge in [0.05, 0.1) is 13.7 Å². The Kier molecular flexibility index (Phi) is 3.46. The Morgan fingerprint density at radius 1 is 1.42 bits per heavy atom. The van der Waals surface area contributed by atoms with Crippen molar-refractivity contribution in [3.63, 3.8) is 0 Å². The highest BCUT2D eigenvalue weighted by Crippen LogP contribution is 2.61. The summed E-state index contributed by atoms with van der Waals surface area (Å²) in [5.74, 6) is -1.60. The number of benzene rings is 1. The van der Waals surface area contributed by atoms with Crippen molar-refractivity contribution in [2.45, 2.75) is 19.3 Å². The number of carbonyl (C=O) groups excluding carboxylic acids is 1. The summed E-state index contributed by atoms with van der Waals surface area (Å²) in [6, 6.07) is 7.14. The summed E-state index contributed by atoms with van der Waals surface area (Å²) >= 11 is 0. The molecular weight excluding hydrogens is 248 g/mol. The minimum absolute atomic E-state index is 0.173. The van der Waals surface area contributed by atoms with Gasteiger partial charge < -0.3 is 14.6 Å². The number of carboxylic acids is 1. The Morgan fingerprint density at radius 3 is 2.68 bits per heavy atom. The number of methoxy groups -OCH3 is 1. The van der Waals surface area contributed by atoms with E-state index in [2.05, 4.69) is 0 Å². The third-order valence-corrected chi connectivity index (χ3v) is 3.50. The standard InChI is InChI=1S/C14H16O5/c1-3-19-13(17)14(12(15)16)8-10(14)9-6-4-5-7-11(9)18-2/h4-7,10H,3,8H2,1-2H3,(H,15,16). The van der Waals surface area contributed by atoms with Crippen LogP contribution in [0.3, 0.4) is 0 Å². The van der Waals surface area contributed by atoms with Gasteiger partial charge in [0.1, 0.15) is 5.75 Å². The number of carboxylic acid groups (broad SMARTS) is 1. The Labute approximate surface area is 111 Å². The Balaban J connectivity index is 2.33. The molecule has 0 spiro atoms. The summed E-state index contributed by atoms with van der Waals surface area (Å²) in [5, 5.41) is 9.35. The number of esters is 1. The van der Waals surface area contributed by atoms with E-state index in [1.807, 2.05) is 0 Å². The van der Waals surface area contributed by atoms with Gasteiger partial charge in [0, 0.05) is 5.92 Å². The normalized spacial score (nSPS) is 24.6. The minimum atomic E-state index is -1.45. The minimum Gasteiger partial charge on any atom is -0.496 e. The molecule has 0 heterocycles. The molecule has 102 valence electrons. The SMILES string of the molecule is CCOC(=O)C1(C(=O)O)CC1c1ccccc1OC. The van der Waals surface area contributed by atoms with E-state index in [4.69, 9.17) is 9.47 Å². The summed E-state index contributed by atoms with van der Waals surface area (Å²) in [4.78, 5) is 23.3. The number of aliphatic carboxylic acids is 1. The van der Waals surface area contributed by atoms with Crippen molar-refractivity contribution in [3.05, 3.63) is 29.8 Å². The number of rotatable bonds is 5. The maximum Gasteiger partial charge on any atom is 0.324 e. The highest BCUT2D eigenvalue weighted by atomic mass is 16.5. The zero-order valence-electron chi connectivity index (χ0n) is 10.9. The van der Waals surface area contributed by atoms with Crippen LogP contribution < -0.4 is 4.74 Å². The zero-order valence-corrected chi connectivity index (χ0v) is 10.9. The van der Waals surface area contributed by atoms with Crippen LogP contribution in [0, 0.1) is 5.41 Å². The largest absolute Gasteiger partial charge is 0.496 e. The average Bonchev–Trinajstić information content (AvgIpc) is 3.15. The van der Waals surface area contributed by atoms with E-state index in [9.17, 15) is 14.7 Å². The van der Waals surface area contributed by atoms with E-state index in [0.717, 1.165) is 5.56 Å². The smallest absolute Gasteiger partial charge is 0.324 e. The van der Waals surface area contributed by atoms with E-state index in [-0.39, 0.29) is 18.9 Å². The van der Waals surface area contributed by atoms with Crippen molar-refractivity contribution in [2.24, 2.45) is 5.41 Å². The topological polar surface area (TPSA) is 72.8 Å². The molecule has 0 bridgehead atoms. The molecule has 1 fully saturated rings. The first-order valence-electron chi connectivity index (χ1n) is 6.11. The Bertz CT molecular complexity index is 510. The van der Waals surface area contributed by atoms with Gasteiger partial charge in [-0.25, -0.2) is 0 Å². The third kappa shape index (κ3) is 2.05. The van der Waals surface area contributed by atoms with Crippen molar-refractivity contribution in [2.75, 3.05) is 13.7 Å².